The number of carbonyl (C=O) groups is 1. The van der Waals surface area contributed by atoms with Crippen molar-refractivity contribution in [2.45, 2.75) is 71.7 Å². The zero-order chi connectivity index (χ0) is 29.6. The molecule has 0 spiro atoms. The monoisotopic (exact) mass is 566 g/mol. The minimum atomic E-state index is -0.617. The van der Waals surface area contributed by atoms with E-state index in [1.807, 2.05) is 39.6 Å². The molecule has 2 aromatic heterocycles. The number of amides is 1. The Bertz CT molecular complexity index is 1510. The number of likely N-dealkylation sites (tertiary alicyclic amines) is 1. The van der Waals surface area contributed by atoms with Crippen LogP contribution in [0.4, 0.5) is 15.0 Å². The fraction of sp³-hybridized carbons (Fsp3) is 0.533. The highest BCUT2D eigenvalue weighted by atomic mass is 19.1. The van der Waals surface area contributed by atoms with Gasteiger partial charge in [0.25, 0.3) is 0 Å². The first kappa shape index (κ1) is 28.8. The van der Waals surface area contributed by atoms with Gasteiger partial charge in [0, 0.05) is 43.8 Å². The van der Waals surface area contributed by atoms with Gasteiger partial charge in [0.05, 0.1) is 5.39 Å². The number of aromatic hydroxyl groups is 1. The number of anilines is 1. The molecular formula is C30H39FN6O4. The molecule has 220 valence electrons. The minimum absolute atomic E-state index is 0.0130. The summed E-state index contributed by atoms with van der Waals surface area (Å²) < 4.78 is 22.9. The second-order valence-corrected chi connectivity index (χ2v) is 12.2. The second-order valence-electron chi connectivity index (χ2n) is 12.2. The Kier molecular flexibility index (Phi) is 7.67. The summed E-state index contributed by atoms with van der Waals surface area (Å²) in [5.74, 6) is -0.362. The number of ether oxygens (including phenoxy) is 1. The lowest BCUT2D eigenvalue weighted by Crippen LogP contribution is -2.55. The summed E-state index contributed by atoms with van der Waals surface area (Å²) in [5.41, 5.74) is 0.193. The maximum Gasteiger partial charge on any atom is 0.410 e. The number of aryl methyl sites for hydroxylation is 1. The van der Waals surface area contributed by atoms with Crippen molar-refractivity contribution in [3.05, 3.63) is 46.1 Å². The second kappa shape index (κ2) is 10.9. The average molecular weight is 567 g/mol. The van der Waals surface area contributed by atoms with Gasteiger partial charge in [0.1, 0.15) is 28.5 Å². The summed E-state index contributed by atoms with van der Waals surface area (Å²) in [7, 11) is 2.03. The maximum absolute atomic E-state index is 15.8. The van der Waals surface area contributed by atoms with E-state index in [2.05, 4.69) is 9.88 Å². The third kappa shape index (κ3) is 5.72. The Morgan fingerprint density at radius 2 is 1.95 bits per heavy atom. The minimum Gasteiger partial charge on any atom is -0.507 e. The van der Waals surface area contributed by atoms with Crippen molar-refractivity contribution in [1.29, 1.82) is 0 Å². The van der Waals surface area contributed by atoms with Crippen LogP contribution >= 0.6 is 0 Å². The number of pyridine rings is 1. The van der Waals surface area contributed by atoms with Gasteiger partial charge in [-0.25, -0.2) is 19.0 Å². The molecule has 2 aliphatic rings. The van der Waals surface area contributed by atoms with Gasteiger partial charge in [-0.1, -0.05) is 12.1 Å². The lowest BCUT2D eigenvalue weighted by Gasteiger charge is -2.41. The van der Waals surface area contributed by atoms with Crippen LogP contribution in [0.25, 0.3) is 22.3 Å². The van der Waals surface area contributed by atoms with Crippen molar-refractivity contribution in [2.24, 2.45) is 0 Å². The molecule has 0 aliphatic carbocycles. The Morgan fingerprint density at radius 3 is 2.59 bits per heavy atom. The van der Waals surface area contributed by atoms with Gasteiger partial charge in [-0.3, -0.25) is 4.57 Å². The molecule has 10 nitrogen and oxygen atoms in total. The largest absolute Gasteiger partial charge is 0.507 e. The number of fused-ring (bicyclic) bond motifs is 1. The van der Waals surface area contributed by atoms with Gasteiger partial charge in [0.15, 0.2) is 5.82 Å². The molecule has 1 N–H and O–H groups in total. The van der Waals surface area contributed by atoms with Crippen molar-refractivity contribution in [3.8, 4) is 17.0 Å². The molecule has 1 amide bonds. The zero-order valence-electron chi connectivity index (χ0n) is 24.6. The molecular weight excluding hydrogens is 527 g/mol. The van der Waals surface area contributed by atoms with Gasteiger partial charge in [0.2, 0.25) is 0 Å². The van der Waals surface area contributed by atoms with Crippen LogP contribution in [0.1, 0.15) is 46.1 Å². The lowest BCUT2D eigenvalue weighted by atomic mass is 10.0. The number of aromatic nitrogens is 3. The Hall–Kier alpha value is -3.73. The molecule has 3 aromatic rings. The molecule has 5 rings (SSSR count). The van der Waals surface area contributed by atoms with Crippen LogP contribution in [-0.4, -0.2) is 86.4 Å². The molecule has 2 fully saturated rings. The molecule has 4 heterocycles. The summed E-state index contributed by atoms with van der Waals surface area (Å²) in [6.45, 7) is 11.6. The van der Waals surface area contributed by atoms with Crippen LogP contribution < -0.4 is 10.6 Å². The molecule has 0 saturated carbocycles. The van der Waals surface area contributed by atoms with E-state index >= 15 is 4.39 Å². The third-order valence-electron chi connectivity index (χ3n) is 7.99. The molecule has 11 heteroatoms. The smallest absolute Gasteiger partial charge is 0.410 e. The maximum atomic E-state index is 15.8. The van der Waals surface area contributed by atoms with Gasteiger partial charge < -0.3 is 24.5 Å². The van der Waals surface area contributed by atoms with Gasteiger partial charge in [-0.05, 0) is 78.7 Å². The number of carbonyl (C=O) groups excluding carboxylic acids is 1. The molecule has 0 radical (unpaired) electrons. The third-order valence-corrected chi connectivity index (χ3v) is 7.99. The van der Waals surface area contributed by atoms with Crippen LogP contribution in [0.3, 0.4) is 0 Å². The Morgan fingerprint density at radius 1 is 1.20 bits per heavy atom. The summed E-state index contributed by atoms with van der Waals surface area (Å²) in [5, 5.41) is 11.0. The van der Waals surface area contributed by atoms with Crippen molar-refractivity contribution >= 4 is 22.9 Å². The highest BCUT2D eigenvalue weighted by Crippen LogP contribution is 2.36. The van der Waals surface area contributed by atoms with E-state index in [1.165, 1.54) is 16.7 Å². The molecule has 0 unspecified atom stereocenters. The van der Waals surface area contributed by atoms with Crippen LogP contribution in [0, 0.1) is 12.7 Å². The van der Waals surface area contributed by atoms with Crippen molar-refractivity contribution in [3.63, 3.8) is 0 Å². The summed E-state index contributed by atoms with van der Waals surface area (Å²) >= 11 is 0. The number of rotatable bonds is 4. The first-order valence-corrected chi connectivity index (χ1v) is 14.2. The Balaban J connectivity index is 1.61. The van der Waals surface area contributed by atoms with Crippen molar-refractivity contribution < 1.29 is 19.0 Å². The van der Waals surface area contributed by atoms with E-state index in [0.717, 1.165) is 19.4 Å². The quantitative estimate of drug-likeness (QED) is 0.502. The highest BCUT2D eigenvalue weighted by molar-refractivity contribution is 5.90. The molecule has 2 saturated heterocycles. The number of halogens is 1. The van der Waals surface area contributed by atoms with Crippen LogP contribution in [0.15, 0.2) is 29.1 Å². The lowest BCUT2D eigenvalue weighted by molar-refractivity contribution is 0.0218. The SMILES string of the molecule is Cc1cccc(O)c1-c1nc2c(cc1F)c(N1CCN(C(=O)OC(C)(C)C)C[C@@H]1C)nc(=O)n2C[C@@H]1CCCN1C. The van der Waals surface area contributed by atoms with E-state index in [-0.39, 0.29) is 23.5 Å². The van der Waals surface area contributed by atoms with Crippen molar-refractivity contribution in [2.75, 3.05) is 38.1 Å². The number of nitrogens with zero attached hydrogens (tertiary/aromatic N) is 6. The molecule has 2 aliphatic heterocycles. The molecule has 2 atom stereocenters. The van der Waals surface area contributed by atoms with Gasteiger partial charge in [-0.15, -0.1) is 0 Å². The molecule has 0 bridgehead atoms. The van der Waals surface area contributed by atoms with E-state index in [9.17, 15) is 14.7 Å². The first-order valence-electron chi connectivity index (χ1n) is 14.2. The number of benzene rings is 1. The fourth-order valence-corrected chi connectivity index (χ4v) is 5.86. The normalized spacial score (nSPS) is 20.2. The number of hydrogen-bond acceptors (Lipinski definition) is 8. The predicted molar refractivity (Wildman–Crippen MR) is 156 cm³/mol. The summed E-state index contributed by atoms with van der Waals surface area (Å²) in [4.78, 5) is 41.3. The topological polar surface area (TPSA) is 104 Å². The molecule has 1 aromatic carbocycles. The number of likely N-dealkylation sites (N-methyl/N-ethyl adjacent to an activating group) is 1. The Labute approximate surface area is 239 Å². The highest BCUT2D eigenvalue weighted by Gasteiger charge is 2.33. The molecule has 41 heavy (non-hydrogen) atoms. The van der Waals surface area contributed by atoms with Crippen LogP contribution in [0.5, 0.6) is 5.75 Å². The number of phenols is 1. The standard InChI is InChI=1S/C30H39FN6O4/c1-18-9-7-11-23(38)24(18)25-22(31)15-21-26(32-25)37(17-20-10-8-12-34(20)6)28(39)33-27(21)36-14-13-35(16-19(36)2)29(40)41-30(3,4)5/h7,9,11,15,19-20,38H,8,10,12-14,16-17H2,1-6H3/t19-,20-/m0/s1. The summed E-state index contributed by atoms with van der Waals surface area (Å²) in [6, 6.07) is 6.25. The number of piperazine rings is 1. The first-order chi connectivity index (χ1) is 19.3. The van der Waals surface area contributed by atoms with E-state index in [1.54, 1.807) is 24.0 Å². The summed E-state index contributed by atoms with van der Waals surface area (Å²) in [6.07, 6.45) is 1.57. The number of hydrogen-bond donors (Lipinski definition) is 1. The van der Waals surface area contributed by atoms with Crippen LogP contribution in [-0.2, 0) is 11.3 Å². The van der Waals surface area contributed by atoms with Gasteiger partial charge >= 0.3 is 11.8 Å². The van der Waals surface area contributed by atoms with E-state index in [4.69, 9.17) is 9.72 Å². The zero-order valence-corrected chi connectivity index (χ0v) is 24.6. The number of phenolic OH excluding ortho intramolecular Hbond substituents is 1. The van der Waals surface area contributed by atoms with Crippen LogP contribution in [0.2, 0.25) is 0 Å². The van der Waals surface area contributed by atoms with E-state index in [0.29, 0.717) is 54.2 Å². The van der Waals surface area contributed by atoms with Gasteiger partial charge in [-0.2, -0.15) is 4.98 Å². The van der Waals surface area contributed by atoms with Crippen molar-refractivity contribution in [1.82, 2.24) is 24.3 Å². The predicted octanol–water partition coefficient (Wildman–Crippen LogP) is 4.15. The van der Waals surface area contributed by atoms with E-state index < -0.39 is 23.2 Å². The fourth-order valence-electron chi connectivity index (χ4n) is 5.86. The average Bonchev–Trinajstić information content (AvgIpc) is 3.29.